The Morgan fingerprint density at radius 3 is 2.58 bits per heavy atom. The van der Waals surface area contributed by atoms with Crippen molar-refractivity contribution in [3.05, 3.63) is 22.2 Å². The van der Waals surface area contributed by atoms with Gasteiger partial charge in [0.25, 0.3) is 15.8 Å². The second-order valence-electron chi connectivity index (χ2n) is 5.20. The van der Waals surface area contributed by atoms with E-state index in [1.54, 1.807) is 0 Å². The van der Waals surface area contributed by atoms with Crippen LogP contribution in [0.25, 0.3) is 0 Å². The van der Waals surface area contributed by atoms with Crippen LogP contribution in [0.3, 0.4) is 0 Å². The number of primary sulfonamides is 1. The number of nitro groups is 1. The van der Waals surface area contributed by atoms with Crippen molar-refractivity contribution < 1.29 is 26.3 Å². The smallest absolute Gasteiger partial charge is 0.294 e. The van der Waals surface area contributed by atoms with Crippen molar-refractivity contribution in [3.63, 3.8) is 0 Å². The maximum absolute atomic E-state index is 11.4. The Morgan fingerprint density at radius 1 is 1.38 bits per heavy atom. The molecule has 0 radical (unpaired) electrons. The minimum Gasteiger partial charge on any atom is -0.375 e. The van der Waals surface area contributed by atoms with E-state index in [1.165, 1.54) is 17.8 Å². The number of nitro benzene ring substituents is 1. The summed E-state index contributed by atoms with van der Waals surface area (Å²) in [7, 11) is -8.13. The molecule has 0 fully saturated rings. The van der Waals surface area contributed by atoms with E-state index in [0.717, 1.165) is 6.07 Å². The number of nitrogens with two attached hydrogens (primary N) is 1. The number of fused-ring (bicyclic) bond motifs is 1. The molecule has 2 rings (SSSR count). The third-order valence-corrected chi connectivity index (χ3v) is 6.22. The van der Waals surface area contributed by atoms with Crippen LogP contribution < -0.4 is 10.5 Å². The maximum atomic E-state index is 11.4. The Hall–Kier alpha value is -1.41. The first-order chi connectivity index (χ1) is 11.0. The van der Waals surface area contributed by atoms with Gasteiger partial charge < -0.3 is 5.32 Å². The Balaban J connectivity index is 2.26. The van der Waals surface area contributed by atoms with Gasteiger partial charge in [0.2, 0.25) is 10.0 Å². The number of anilines is 1. The highest BCUT2D eigenvalue weighted by Gasteiger charge is 2.29. The fourth-order valence-electron chi connectivity index (χ4n) is 2.25. The van der Waals surface area contributed by atoms with Gasteiger partial charge in [0.05, 0.1) is 15.6 Å². The second-order valence-corrected chi connectivity index (χ2v) is 9.39. The van der Waals surface area contributed by atoms with E-state index >= 15 is 0 Å². The fraction of sp³-hybridized carbons (Fsp3) is 0.455. The first kappa shape index (κ1) is 18.9. The van der Waals surface area contributed by atoms with Crippen molar-refractivity contribution in [2.45, 2.75) is 28.7 Å². The number of nitrogens with zero attached hydrogens (tertiary/aromatic N) is 1. The fourth-order valence-corrected chi connectivity index (χ4v) is 4.56. The van der Waals surface area contributed by atoms with Crippen molar-refractivity contribution >= 4 is 43.3 Å². The maximum Gasteiger partial charge on any atom is 0.294 e. The minimum absolute atomic E-state index is 0.181. The lowest BCUT2D eigenvalue weighted by atomic mass is 10.1. The molecule has 4 N–H and O–H groups in total. The molecule has 0 saturated carbocycles. The molecule has 13 heteroatoms. The molecule has 0 saturated heterocycles. The quantitative estimate of drug-likeness (QED) is 0.357. The molecule has 1 heterocycles. The Morgan fingerprint density at radius 2 is 2.04 bits per heavy atom. The third-order valence-electron chi connectivity index (χ3n) is 3.32. The third kappa shape index (κ3) is 4.80. The number of sulfonamides is 1. The lowest BCUT2D eigenvalue weighted by molar-refractivity contribution is -0.384. The van der Waals surface area contributed by atoms with E-state index in [-0.39, 0.29) is 23.0 Å². The monoisotopic (exact) mass is 397 g/mol. The van der Waals surface area contributed by atoms with Gasteiger partial charge in [-0.05, 0) is 18.9 Å². The van der Waals surface area contributed by atoms with E-state index in [0.29, 0.717) is 17.1 Å². The van der Waals surface area contributed by atoms with E-state index in [4.69, 9.17) is 9.69 Å². The zero-order valence-corrected chi connectivity index (χ0v) is 14.7. The molecule has 0 aliphatic carbocycles. The first-order valence-electron chi connectivity index (χ1n) is 6.67. The lowest BCUT2D eigenvalue weighted by Crippen LogP contribution is -2.27. The number of nitrogens with one attached hydrogen (secondary N) is 1. The molecule has 1 unspecified atom stereocenters. The van der Waals surface area contributed by atoms with Crippen molar-refractivity contribution in [1.82, 2.24) is 0 Å². The normalized spacial score (nSPS) is 17.8. The van der Waals surface area contributed by atoms with Crippen LogP contribution in [-0.4, -0.2) is 43.9 Å². The molecule has 1 atom stereocenters. The summed E-state index contributed by atoms with van der Waals surface area (Å²) >= 11 is 1.22. The van der Waals surface area contributed by atoms with Crippen molar-refractivity contribution in [2.24, 2.45) is 5.14 Å². The highest BCUT2D eigenvalue weighted by molar-refractivity contribution is 7.99. The molecule has 0 amide bonds. The molecular formula is C11H15N3O7S3. The van der Waals surface area contributed by atoms with Gasteiger partial charge in [0, 0.05) is 22.8 Å². The van der Waals surface area contributed by atoms with Crippen LogP contribution >= 0.6 is 11.8 Å². The first-order valence-corrected chi connectivity index (χ1v) is 10.8. The summed E-state index contributed by atoms with van der Waals surface area (Å²) in [6.45, 7) is 0. The summed E-state index contributed by atoms with van der Waals surface area (Å²) in [5.74, 6) is 0.0683. The Bertz CT molecular complexity index is 867. The molecule has 10 nitrogen and oxygen atoms in total. The predicted molar refractivity (Wildman–Crippen MR) is 88.3 cm³/mol. The average molecular weight is 397 g/mol. The van der Waals surface area contributed by atoms with Crippen molar-refractivity contribution in [3.8, 4) is 0 Å². The van der Waals surface area contributed by atoms with Gasteiger partial charge in [0.15, 0.2) is 0 Å². The molecule has 1 aliphatic rings. The van der Waals surface area contributed by atoms with Gasteiger partial charge in [-0.3, -0.25) is 14.7 Å². The van der Waals surface area contributed by atoms with Gasteiger partial charge >= 0.3 is 0 Å². The summed E-state index contributed by atoms with van der Waals surface area (Å²) in [5, 5.41) is 19.2. The van der Waals surface area contributed by atoms with Crippen LogP contribution in [0.1, 0.15) is 12.8 Å². The molecule has 1 aromatic rings. The number of rotatable bonds is 6. The van der Waals surface area contributed by atoms with E-state index in [1.807, 2.05) is 0 Å². The number of benzene rings is 1. The summed E-state index contributed by atoms with van der Waals surface area (Å²) < 4.78 is 53.0. The number of hydrogen-bond donors (Lipinski definition) is 3. The van der Waals surface area contributed by atoms with Gasteiger partial charge in [0.1, 0.15) is 5.69 Å². The molecule has 0 bridgehead atoms. The molecule has 1 aromatic carbocycles. The Kier molecular flexibility index (Phi) is 5.39. The van der Waals surface area contributed by atoms with Gasteiger partial charge in [-0.15, -0.1) is 11.8 Å². The summed E-state index contributed by atoms with van der Waals surface area (Å²) in [6.07, 6.45) is 0.565. The van der Waals surface area contributed by atoms with Gasteiger partial charge in [-0.1, -0.05) is 0 Å². The van der Waals surface area contributed by atoms with Gasteiger partial charge in [-0.25, -0.2) is 13.6 Å². The number of thioether (sulfide) groups is 1. The highest BCUT2D eigenvalue weighted by atomic mass is 32.2. The van der Waals surface area contributed by atoms with E-state index in [2.05, 4.69) is 5.32 Å². The molecule has 1 aliphatic heterocycles. The summed E-state index contributed by atoms with van der Waals surface area (Å²) in [4.78, 5) is 10.6. The topological polar surface area (TPSA) is 170 Å². The minimum atomic E-state index is -4.08. The summed E-state index contributed by atoms with van der Waals surface area (Å²) in [6, 6.07) is 1.91. The zero-order chi connectivity index (χ0) is 18.1. The van der Waals surface area contributed by atoms with Crippen LogP contribution in [0.5, 0.6) is 0 Å². The van der Waals surface area contributed by atoms with Crippen molar-refractivity contribution in [2.75, 3.05) is 16.8 Å². The molecular weight excluding hydrogens is 382 g/mol. The zero-order valence-electron chi connectivity index (χ0n) is 12.2. The average Bonchev–Trinajstić information content (AvgIpc) is 2.43. The summed E-state index contributed by atoms with van der Waals surface area (Å²) in [5.41, 5.74) is -0.232. The van der Waals surface area contributed by atoms with Crippen molar-refractivity contribution in [1.29, 1.82) is 0 Å². The van der Waals surface area contributed by atoms with Crippen LogP contribution in [0.4, 0.5) is 11.4 Å². The van der Waals surface area contributed by atoms with E-state index < -0.39 is 36.5 Å². The Labute approximate surface area is 142 Å². The highest BCUT2D eigenvalue weighted by Crippen LogP contribution is 2.42. The van der Waals surface area contributed by atoms with Crippen LogP contribution in [-0.2, 0) is 20.1 Å². The molecule has 0 spiro atoms. The van der Waals surface area contributed by atoms with Crippen LogP contribution in [0.2, 0.25) is 0 Å². The lowest BCUT2D eigenvalue weighted by Gasteiger charge is -2.26. The van der Waals surface area contributed by atoms with Crippen LogP contribution in [0.15, 0.2) is 21.9 Å². The standard InChI is InChI=1S/C11H15N3O7S3/c12-24(20,21)8-4-9(14(15)16)11-10(5-8)22-6-7(13-11)2-1-3-23(17,18)19/h4-5,7,13H,1-3,6H2,(H2,12,20,21)(H,17,18,19). The molecule has 24 heavy (non-hydrogen) atoms. The van der Waals surface area contributed by atoms with Crippen LogP contribution in [0, 0.1) is 10.1 Å². The largest absolute Gasteiger partial charge is 0.375 e. The molecule has 0 aromatic heterocycles. The van der Waals surface area contributed by atoms with E-state index in [9.17, 15) is 26.9 Å². The molecule has 134 valence electrons. The second kappa shape index (κ2) is 6.84. The number of hydrogen-bond acceptors (Lipinski definition) is 8. The predicted octanol–water partition coefficient (Wildman–Crippen LogP) is 0.796. The SMILES string of the molecule is NS(=O)(=O)c1cc2c(c([N+](=O)[O-])c1)NC(CCCS(=O)(=O)O)CS2. The van der Waals surface area contributed by atoms with Gasteiger partial charge in [-0.2, -0.15) is 8.42 Å².